The van der Waals surface area contributed by atoms with E-state index in [-0.39, 0.29) is 22.7 Å². The summed E-state index contributed by atoms with van der Waals surface area (Å²) in [4.78, 5) is 12.5. The molecule has 1 saturated heterocycles. The number of nitrogens with two attached hydrogens (primary N) is 1. The minimum Gasteiger partial charge on any atom is -0.393 e. The van der Waals surface area contributed by atoms with Gasteiger partial charge in [-0.05, 0) is 32.6 Å². The van der Waals surface area contributed by atoms with Crippen molar-refractivity contribution in [2.24, 2.45) is 17.6 Å². The van der Waals surface area contributed by atoms with E-state index in [1.807, 2.05) is 13.8 Å². The Labute approximate surface area is 115 Å². The monoisotopic (exact) mass is 271 g/mol. The maximum atomic E-state index is 12.3. The molecule has 0 radical (unpaired) electrons. The highest BCUT2D eigenvalue weighted by Crippen LogP contribution is 2.21. The molecule has 3 atom stereocenters. The Morgan fingerprint density at radius 2 is 1.83 bits per heavy atom. The molecule has 1 rings (SSSR count). The first-order valence-corrected chi connectivity index (χ1v) is 7.13. The summed E-state index contributed by atoms with van der Waals surface area (Å²) in [5.74, 6) is -0.336. The summed E-state index contributed by atoms with van der Waals surface area (Å²) in [6, 6.07) is 0.744. The largest absolute Gasteiger partial charge is 0.393 e. The standard InChI is InChI=1S/C13H25N3OS/c1-8(2)11(12(14)18)13(17)15-16-9(3)6-5-7-10(16)4/h8-11H,5-7H2,1-4H3,(H2,14,18)(H,15,17). The van der Waals surface area contributed by atoms with Gasteiger partial charge in [-0.2, -0.15) is 0 Å². The molecule has 0 bridgehead atoms. The summed E-state index contributed by atoms with van der Waals surface area (Å²) in [5, 5.41) is 2.06. The average molecular weight is 271 g/mol. The molecule has 0 aromatic rings. The predicted molar refractivity (Wildman–Crippen MR) is 77.9 cm³/mol. The van der Waals surface area contributed by atoms with Crippen LogP contribution in [0.4, 0.5) is 0 Å². The molecule has 1 heterocycles. The molecule has 1 aliphatic rings. The summed E-state index contributed by atoms with van der Waals surface area (Å²) in [5.41, 5.74) is 8.67. The predicted octanol–water partition coefficient (Wildman–Crippen LogP) is 1.84. The second-order valence-corrected chi connectivity index (χ2v) is 6.11. The molecule has 5 heteroatoms. The average Bonchev–Trinajstić information content (AvgIpc) is 2.22. The van der Waals surface area contributed by atoms with Crippen LogP contribution in [0.3, 0.4) is 0 Å². The molecular weight excluding hydrogens is 246 g/mol. The Bertz CT molecular complexity index is 309. The maximum Gasteiger partial charge on any atom is 0.244 e. The smallest absolute Gasteiger partial charge is 0.244 e. The molecule has 104 valence electrons. The molecule has 0 aliphatic carbocycles. The number of hydrogen-bond acceptors (Lipinski definition) is 3. The van der Waals surface area contributed by atoms with Crippen molar-refractivity contribution < 1.29 is 4.79 Å². The van der Waals surface area contributed by atoms with E-state index in [0.717, 1.165) is 12.8 Å². The van der Waals surface area contributed by atoms with E-state index in [0.29, 0.717) is 12.1 Å². The van der Waals surface area contributed by atoms with Gasteiger partial charge in [-0.25, -0.2) is 5.01 Å². The highest BCUT2D eigenvalue weighted by Gasteiger charge is 2.31. The van der Waals surface area contributed by atoms with Gasteiger partial charge in [0.2, 0.25) is 5.91 Å². The third-order valence-corrected chi connectivity index (χ3v) is 3.94. The Hall–Kier alpha value is -0.680. The van der Waals surface area contributed by atoms with Crippen molar-refractivity contribution in [2.75, 3.05) is 0 Å². The molecule has 3 unspecified atom stereocenters. The van der Waals surface area contributed by atoms with E-state index >= 15 is 0 Å². The van der Waals surface area contributed by atoms with E-state index in [1.54, 1.807) is 0 Å². The van der Waals surface area contributed by atoms with Crippen LogP contribution in [-0.4, -0.2) is 28.0 Å². The van der Waals surface area contributed by atoms with Gasteiger partial charge in [0, 0.05) is 12.1 Å². The lowest BCUT2D eigenvalue weighted by Gasteiger charge is -2.39. The molecule has 4 nitrogen and oxygen atoms in total. The van der Waals surface area contributed by atoms with Gasteiger partial charge >= 0.3 is 0 Å². The zero-order valence-corrected chi connectivity index (χ0v) is 12.6. The Morgan fingerprint density at radius 1 is 1.33 bits per heavy atom. The van der Waals surface area contributed by atoms with Crippen molar-refractivity contribution in [3.8, 4) is 0 Å². The van der Waals surface area contributed by atoms with Crippen LogP contribution in [0.5, 0.6) is 0 Å². The SMILES string of the molecule is CC(C)C(C(=O)NN1C(C)CCCC1C)C(N)=S. The first-order valence-electron chi connectivity index (χ1n) is 6.72. The third kappa shape index (κ3) is 3.65. The number of thiocarbonyl (C=S) groups is 1. The summed E-state index contributed by atoms with van der Waals surface area (Å²) < 4.78 is 0. The van der Waals surface area contributed by atoms with Crippen LogP contribution in [0.2, 0.25) is 0 Å². The van der Waals surface area contributed by atoms with Crippen LogP contribution < -0.4 is 11.2 Å². The van der Waals surface area contributed by atoms with Crippen molar-refractivity contribution >= 4 is 23.1 Å². The second kappa shape index (κ2) is 6.48. The van der Waals surface area contributed by atoms with Crippen molar-refractivity contribution in [1.29, 1.82) is 0 Å². The number of nitrogens with zero attached hydrogens (tertiary/aromatic N) is 1. The quantitative estimate of drug-likeness (QED) is 0.766. The molecule has 3 N–H and O–H groups in total. The number of carbonyl (C=O) groups is 1. The number of hydrogen-bond donors (Lipinski definition) is 2. The molecule has 18 heavy (non-hydrogen) atoms. The zero-order chi connectivity index (χ0) is 13.9. The lowest BCUT2D eigenvalue weighted by atomic mass is 9.95. The van der Waals surface area contributed by atoms with Gasteiger partial charge in [-0.1, -0.05) is 32.5 Å². The number of hydrazine groups is 1. The van der Waals surface area contributed by atoms with Crippen molar-refractivity contribution in [2.45, 2.75) is 59.0 Å². The van der Waals surface area contributed by atoms with E-state index in [9.17, 15) is 4.79 Å². The van der Waals surface area contributed by atoms with Gasteiger partial charge in [0.05, 0.1) is 10.9 Å². The number of carbonyl (C=O) groups excluding carboxylic acids is 1. The number of rotatable bonds is 4. The van der Waals surface area contributed by atoms with Gasteiger partial charge in [0.25, 0.3) is 0 Å². The van der Waals surface area contributed by atoms with Gasteiger partial charge in [0.1, 0.15) is 0 Å². The number of piperidine rings is 1. The van der Waals surface area contributed by atoms with Gasteiger partial charge in [0.15, 0.2) is 0 Å². The van der Waals surface area contributed by atoms with Crippen LogP contribution >= 0.6 is 12.2 Å². The van der Waals surface area contributed by atoms with Crippen LogP contribution in [-0.2, 0) is 4.79 Å². The zero-order valence-electron chi connectivity index (χ0n) is 11.8. The highest BCUT2D eigenvalue weighted by atomic mass is 32.1. The van der Waals surface area contributed by atoms with Crippen molar-refractivity contribution in [3.05, 3.63) is 0 Å². The molecule has 0 saturated carbocycles. The summed E-state index contributed by atoms with van der Waals surface area (Å²) in [6.45, 7) is 8.21. The summed E-state index contributed by atoms with van der Waals surface area (Å²) in [7, 11) is 0. The Kier molecular flexibility index (Phi) is 5.53. The normalized spacial score (nSPS) is 26.9. The number of amides is 1. The highest BCUT2D eigenvalue weighted by molar-refractivity contribution is 7.80. The second-order valence-electron chi connectivity index (χ2n) is 5.64. The van der Waals surface area contributed by atoms with E-state index < -0.39 is 0 Å². The third-order valence-electron chi connectivity index (χ3n) is 3.69. The first kappa shape index (κ1) is 15.4. The summed E-state index contributed by atoms with van der Waals surface area (Å²) in [6.07, 6.45) is 3.45. The van der Waals surface area contributed by atoms with Crippen molar-refractivity contribution in [1.82, 2.24) is 10.4 Å². The Balaban J connectivity index is 2.70. The maximum absolute atomic E-state index is 12.3. The Morgan fingerprint density at radius 3 is 2.22 bits per heavy atom. The fourth-order valence-electron chi connectivity index (χ4n) is 2.60. The van der Waals surface area contributed by atoms with E-state index in [2.05, 4.69) is 24.3 Å². The van der Waals surface area contributed by atoms with Gasteiger partial charge in [-0.15, -0.1) is 0 Å². The lowest BCUT2D eigenvalue weighted by molar-refractivity contribution is -0.132. The minimum atomic E-state index is -0.388. The van der Waals surface area contributed by atoms with Crippen LogP contribution in [0, 0.1) is 11.8 Å². The van der Waals surface area contributed by atoms with Crippen LogP contribution in [0.25, 0.3) is 0 Å². The number of nitrogens with one attached hydrogen (secondary N) is 1. The van der Waals surface area contributed by atoms with Gasteiger partial charge in [-0.3, -0.25) is 10.2 Å². The fraction of sp³-hybridized carbons (Fsp3) is 0.846. The summed E-state index contributed by atoms with van der Waals surface area (Å²) >= 11 is 4.99. The molecule has 0 aromatic carbocycles. The minimum absolute atomic E-state index is 0.0712. The lowest BCUT2D eigenvalue weighted by Crippen LogP contribution is -2.57. The molecule has 1 amide bonds. The van der Waals surface area contributed by atoms with Crippen LogP contribution in [0.1, 0.15) is 47.0 Å². The fourth-order valence-corrected chi connectivity index (χ4v) is 2.98. The van der Waals surface area contributed by atoms with E-state index in [4.69, 9.17) is 18.0 Å². The molecule has 1 aliphatic heterocycles. The van der Waals surface area contributed by atoms with Crippen molar-refractivity contribution in [3.63, 3.8) is 0 Å². The topological polar surface area (TPSA) is 58.4 Å². The van der Waals surface area contributed by atoms with Gasteiger partial charge < -0.3 is 5.73 Å². The first-order chi connectivity index (χ1) is 8.34. The molecule has 0 spiro atoms. The molecule has 0 aromatic heterocycles. The molecule has 1 fully saturated rings. The molecular formula is C13H25N3OS. The van der Waals surface area contributed by atoms with Crippen LogP contribution in [0.15, 0.2) is 0 Å². The van der Waals surface area contributed by atoms with E-state index in [1.165, 1.54) is 6.42 Å².